The molecule has 109 heavy (non-hydrogen) atoms. The molecule has 2 amide bonds. The molecule has 15 heterocycles. The second-order valence-corrected chi connectivity index (χ2v) is 32.9. The summed E-state index contributed by atoms with van der Waals surface area (Å²) in [5.74, 6) is -1.38. The van der Waals surface area contributed by atoms with Crippen LogP contribution < -0.4 is 27.5 Å². The summed E-state index contributed by atoms with van der Waals surface area (Å²) in [6.07, 6.45) is 20.2. The minimum atomic E-state index is -3.22. The first-order valence-corrected chi connectivity index (χ1v) is 38.3. The highest BCUT2D eigenvalue weighted by molar-refractivity contribution is 8.24. The van der Waals surface area contributed by atoms with E-state index >= 15 is 0 Å². The minimum absolute atomic E-state index is 0. The van der Waals surface area contributed by atoms with Gasteiger partial charge < -0.3 is 34.7 Å². The number of aromatic carboxylic acids is 1. The molecule has 3 fully saturated rings. The zero-order chi connectivity index (χ0) is 76.0. The molecule has 0 aliphatic heterocycles. The summed E-state index contributed by atoms with van der Waals surface area (Å²) < 4.78 is 64.8. The van der Waals surface area contributed by atoms with Crippen molar-refractivity contribution in [1.29, 1.82) is 0 Å². The van der Waals surface area contributed by atoms with E-state index in [2.05, 4.69) is 120 Å². The number of nitrogens with two attached hydrogens (primary N) is 1. The summed E-state index contributed by atoms with van der Waals surface area (Å²) in [4.78, 5) is 86.0. The molecule has 0 spiro atoms. The summed E-state index contributed by atoms with van der Waals surface area (Å²) >= 11 is 37.5. The van der Waals surface area contributed by atoms with Crippen molar-refractivity contribution in [2.75, 3.05) is 0 Å². The summed E-state index contributed by atoms with van der Waals surface area (Å²) in [5, 5.41) is 44.8. The van der Waals surface area contributed by atoms with Crippen molar-refractivity contribution in [2.45, 2.75) is 95.5 Å². The molecule has 3 saturated carbocycles. The van der Waals surface area contributed by atoms with Gasteiger partial charge >= 0.3 is 11.2 Å². The Balaban J connectivity index is 0.000000131. The van der Waals surface area contributed by atoms with Crippen LogP contribution >= 0.6 is 97.7 Å². The Morgan fingerprint density at radius 1 is 0.569 bits per heavy atom. The number of amides is 2. The van der Waals surface area contributed by atoms with Gasteiger partial charge in [-0.15, -0.1) is 32.8 Å². The summed E-state index contributed by atoms with van der Waals surface area (Å²) in [6.45, 7) is 0.863. The Morgan fingerprint density at radius 3 is 1.53 bits per heavy atom. The zero-order valence-corrected chi connectivity index (χ0v) is 62.6. The Labute approximate surface area is 648 Å². The molecule has 0 radical (unpaired) electrons. The number of nitrogens with zero attached hydrogens (tertiary/aromatic N) is 22. The quantitative estimate of drug-likeness (QED) is 0.0364. The fraction of sp³-hybridized carbons (Fsp3) is 0.238. The number of halogens is 11. The molecule has 46 heteroatoms. The van der Waals surface area contributed by atoms with Gasteiger partial charge in [-0.1, -0.05) is 62.0 Å². The van der Waals surface area contributed by atoms with Crippen LogP contribution in [0.3, 0.4) is 0 Å². The van der Waals surface area contributed by atoms with Crippen LogP contribution in [0.5, 0.6) is 0 Å². The second kappa shape index (κ2) is 32.1. The SMILES string of the molecule is Cl.NCc1ncn2ccc(Cl)c(F)c12.O=C(NCc1ncn2ccc(Cl)c(F)c12)c1cn(Cc2nc3cc(C4CC4)cc(=O)n3[nH]2)nn1.O=C(NCc1ncn2ccc(Cl)c(F)c12)c1cn(Cc2nc3cc(C4CC4)cc(Cl)n3n2)nn1.O=C(O)c1cn(Cc2cc3nc(C4CC4)cc(=O)n3[nH]2)nn1.O=P(Cl)(Cl)Cl. The van der Waals surface area contributed by atoms with E-state index in [-0.39, 0.29) is 106 Å². The maximum Gasteiger partial charge on any atom is 0.358 e. The topological polar surface area (TPSA) is 413 Å². The third-order valence-corrected chi connectivity index (χ3v) is 18.0. The molecule has 0 atom stereocenters. The highest BCUT2D eigenvalue weighted by atomic mass is 36.0. The predicted molar refractivity (Wildman–Crippen MR) is 393 cm³/mol. The first kappa shape index (κ1) is 76.8. The molecular weight excluding hydrogens is 1620 g/mol. The molecule has 0 unspecified atom stereocenters. The maximum atomic E-state index is 14.4. The van der Waals surface area contributed by atoms with E-state index < -0.39 is 40.4 Å². The van der Waals surface area contributed by atoms with Gasteiger partial charge in [-0.25, -0.2) is 75.5 Å². The fourth-order valence-corrected chi connectivity index (χ4v) is 12.0. The number of carbonyl (C=O) groups is 3. The van der Waals surface area contributed by atoms with Crippen molar-refractivity contribution < 1.29 is 37.2 Å². The number of pyridine rings is 5. The Morgan fingerprint density at radius 2 is 1.02 bits per heavy atom. The lowest BCUT2D eigenvalue weighted by molar-refractivity contribution is 0.0689. The van der Waals surface area contributed by atoms with Crippen LogP contribution in [0.1, 0.15) is 139 Å². The third kappa shape index (κ3) is 17.9. The summed E-state index contributed by atoms with van der Waals surface area (Å²) in [6, 6.07) is 15.1. The minimum Gasteiger partial charge on any atom is -0.476 e. The predicted octanol–water partition coefficient (Wildman–Crippen LogP) is 10.2. The number of hydrogen-bond acceptors (Lipinski definition) is 20. The number of rotatable bonds is 17. The maximum absolute atomic E-state index is 14.4. The van der Waals surface area contributed by atoms with Crippen molar-refractivity contribution in [3.05, 3.63) is 237 Å². The number of aromatic nitrogens is 24. The van der Waals surface area contributed by atoms with Crippen LogP contribution in [-0.2, 0) is 43.8 Å². The number of imidazole rings is 3. The normalized spacial score (nSPS) is 13.3. The molecular formula is C63H53Cl8F3N27O7P. The van der Waals surface area contributed by atoms with Gasteiger partial charge in [-0.3, -0.25) is 33.9 Å². The standard InChI is InChI=1S/C21H16Cl2FN9O.C21H17ClFN9O2.C13H12N6O3.C8H7ClFN3.Cl3OP.ClH/c22-13-3-4-31-10-26-14(20(31)19(13)24)7-25-21(34)15-8-32(30-28-15)9-17-27-18-6-12(11-1-2-11)5-16(23)33(18)29-17;22-13-3-4-30-10-25-14(20(30)19(13)23)7-24-21(34)15-8-31(29-27-15)9-16-26-17-5-12(11-1-2-11)6-18(33)32(17)28-16;20-12-4-9(7-1-2-7)14-11-3-8(16-19(11)12)5-18-6-10(13(21)22)15-17-18;9-5-1-2-13-4-12-6(3-11)8(13)7(5)10;1-5(2,3)4;/h3-6,8,10-11H,1-2,7,9H2,(H,25,34);3-6,8,10-11H,1-2,7,9H2,(H,24,34)(H,26,28);3-4,6-7,16H,1-2,5H2,(H,21,22);1-2,4H,3,11H2;;1H. The number of carboxylic acid groups (broad SMARTS) is 1. The van der Waals surface area contributed by atoms with Crippen LogP contribution in [0.25, 0.3) is 33.5 Å². The van der Waals surface area contributed by atoms with Gasteiger partial charge in [0, 0.05) is 49.3 Å². The highest BCUT2D eigenvalue weighted by Gasteiger charge is 2.29. The molecule has 0 aromatic carbocycles. The van der Waals surface area contributed by atoms with Crippen LogP contribution in [-0.4, -0.2) is 140 Å². The van der Waals surface area contributed by atoms with Crippen molar-refractivity contribution in [3.63, 3.8) is 0 Å². The van der Waals surface area contributed by atoms with E-state index in [1.54, 1.807) is 45.7 Å². The van der Waals surface area contributed by atoms with Gasteiger partial charge in [-0.2, -0.15) is 0 Å². The number of fused-ring (bicyclic) bond motifs is 6. The van der Waals surface area contributed by atoms with Crippen molar-refractivity contribution >= 4 is 149 Å². The Kier molecular flexibility index (Phi) is 22.6. The van der Waals surface area contributed by atoms with Crippen LogP contribution in [0.4, 0.5) is 13.2 Å². The number of aromatic amines is 2. The fourth-order valence-electron chi connectivity index (χ4n) is 11.3. The van der Waals surface area contributed by atoms with Gasteiger partial charge in [0.2, 0.25) is 0 Å². The number of carboxylic acids is 1. The van der Waals surface area contributed by atoms with Crippen molar-refractivity contribution in [1.82, 2.24) is 128 Å². The van der Waals surface area contributed by atoms with Crippen molar-refractivity contribution in [3.8, 4) is 0 Å². The largest absolute Gasteiger partial charge is 0.476 e. The first-order chi connectivity index (χ1) is 51.7. The lowest BCUT2D eigenvalue weighted by Gasteiger charge is -2.03. The molecule has 3 aliphatic carbocycles. The van der Waals surface area contributed by atoms with E-state index in [0.29, 0.717) is 79.8 Å². The number of hydrogen-bond donors (Lipinski definition) is 6. The van der Waals surface area contributed by atoms with Crippen molar-refractivity contribution in [2.24, 2.45) is 5.73 Å². The lowest BCUT2D eigenvalue weighted by Crippen LogP contribution is -2.23. The van der Waals surface area contributed by atoms with E-state index in [4.69, 9.17) is 57.2 Å². The van der Waals surface area contributed by atoms with Crippen LogP contribution in [0.15, 0.2) is 120 Å². The molecule has 564 valence electrons. The number of H-pyrrole nitrogens is 2. The average molecular weight is 1670 g/mol. The van der Waals surface area contributed by atoms with E-state index in [0.717, 1.165) is 49.8 Å². The monoisotopic (exact) mass is 1670 g/mol. The van der Waals surface area contributed by atoms with E-state index in [9.17, 15) is 41.7 Å². The smallest absolute Gasteiger partial charge is 0.358 e. The Bertz CT molecular complexity index is 6160. The van der Waals surface area contributed by atoms with Gasteiger partial charge in [-0.05, 0) is 132 Å². The molecule has 15 aromatic heterocycles. The average Bonchev–Trinajstić information content (AvgIpc) is 1.65. The van der Waals surface area contributed by atoms with Gasteiger partial charge in [0.25, 0.3) is 22.9 Å². The van der Waals surface area contributed by atoms with E-state index in [1.807, 2.05) is 18.2 Å². The summed E-state index contributed by atoms with van der Waals surface area (Å²) in [7, 11) is 0. The van der Waals surface area contributed by atoms with Gasteiger partial charge in [0.05, 0.1) is 101 Å². The number of nitrogens with one attached hydrogen (secondary N) is 4. The molecule has 18 rings (SSSR count). The molecule has 0 saturated heterocycles. The Hall–Kier alpha value is -10.3. The second-order valence-electron chi connectivity index (χ2n) is 24.7. The van der Waals surface area contributed by atoms with Crippen LogP contribution in [0, 0.1) is 17.5 Å². The highest BCUT2D eigenvalue weighted by Crippen LogP contribution is 2.61. The molecule has 0 bridgehead atoms. The third-order valence-electron chi connectivity index (χ3n) is 16.9. The lowest BCUT2D eigenvalue weighted by atomic mass is 10.2. The molecule has 3 aliphatic rings. The van der Waals surface area contributed by atoms with Crippen LogP contribution in [0.2, 0.25) is 20.2 Å². The zero-order valence-electron chi connectivity index (χ0n) is 55.6. The molecule has 15 aromatic rings. The van der Waals surface area contributed by atoms with E-state index in [1.165, 1.54) is 93.2 Å². The molecule has 7 N–H and O–H groups in total. The van der Waals surface area contributed by atoms with Gasteiger partial charge in [0.15, 0.2) is 57.3 Å². The number of carbonyl (C=O) groups excluding carboxylic acids is 2. The first-order valence-electron chi connectivity index (χ1n) is 32.3. The molecule has 34 nitrogen and oxygen atoms in total. The van der Waals surface area contributed by atoms with Gasteiger partial charge in [0.1, 0.15) is 40.6 Å². The summed E-state index contributed by atoms with van der Waals surface area (Å²) in [5.41, 5.74) is 12.6.